The molecule has 0 aliphatic rings. The van der Waals surface area contributed by atoms with E-state index in [4.69, 9.17) is 11.5 Å². The van der Waals surface area contributed by atoms with Gasteiger partial charge in [0, 0.05) is 23.5 Å². The number of primary amides is 1. The fraction of sp³-hybridized carbons (Fsp3) is 0.250. The van der Waals surface area contributed by atoms with E-state index >= 15 is 0 Å². The maximum atomic E-state index is 13.0. The first-order chi connectivity index (χ1) is 16.6. The Bertz CT molecular complexity index is 1220. The number of nitrogens with two attached hydrogens (primary N) is 2. The first-order valence-electron chi connectivity index (χ1n) is 10.8. The molecule has 11 heteroatoms. The molecule has 0 bridgehead atoms. The van der Waals surface area contributed by atoms with Crippen molar-refractivity contribution in [2.75, 3.05) is 0 Å². The zero-order valence-corrected chi connectivity index (χ0v) is 18.7. The molecule has 0 saturated carbocycles. The number of fused-ring (bicyclic) bond motifs is 1. The summed E-state index contributed by atoms with van der Waals surface area (Å²) in [6.45, 7) is 0. The van der Waals surface area contributed by atoms with Gasteiger partial charge in [0.1, 0.15) is 17.8 Å². The monoisotopic (exact) mass is 481 g/mol. The van der Waals surface area contributed by atoms with Gasteiger partial charge in [-0.1, -0.05) is 30.3 Å². The number of carbonyl (C=O) groups is 4. The normalized spacial score (nSPS) is 13.5. The minimum absolute atomic E-state index is 0.0381. The molecule has 184 valence electrons. The highest BCUT2D eigenvalue weighted by Crippen LogP contribution is 2.19. The Hall–Kier alpha value is -4.38. The molecule has 35 heavy (non-hydrogen) atoms. The molecule has 0 aliphatic heterocycles. The molecule has 3 rings (SSSR count). The smallest absolute Gasteiger partial charge is 0.326 e. The van der Waals surface area contributed by atoms with Crippen LogP contribution >= 0.6 is 0 Å². The third-order valence-corrected chi connectivity index (χ3v) is 5.48. The molecule has 0 spiro atoms. The van der Waals surface area contributed by atoms with Crippen LogP contribution in [0.2, 0.25) is 0 Å². The van der Waals surface area contributed by atoms with E-state index in [1.165, 1.54) is 12.1 Å². The Kier molecular flexibility index (Phi) is 8.05. The quantitative estimate of drug-likeness (QED) is 0.198. The summed E-state index contributed by atoms with van der Waals surface area (Å²) < 4.78 is 0. The van der Waals surface area contributed by atoms with Crippen LogP contribution in [0.3, 0.4) is 0 Å². The van der Waals surface area contributed by atoms with Crippen LogP contribution in [-0.4, -0.2) is 57.0 Å². The van der Waals surface area contributed by atoms with E-state index in [0.717, 1.165) is 16.5 Å². The Morgan fingerprint density at radius 3 is 2.23 bits per heavy atom. The molecular weight excluding hydrogens is 454 g/mol. The van der Waals surface area contributed by atoms with E-state index in [1.54, 1.807) is 18.3 Å². The number of H-pyrrole nitrogens is 1. The van der Waals surface area contributed by atoms with Crippen molar-refractivity contribution in [2.24, 2.45) is 11.5 Å². The first kappa shape index (κ1) is 25.2. The second-order valence-corrected chi connectivity index (χ2v) is 8.17. The Morgan fingerprint density at radius 1 is 0.914 bits per heavy atom. The minimum atomic E-state index is -1.55. The Balaban J connectivity index is 1.79. The lowest BCUT2D eigenvalue weighted by atomic mass is 10.0. The van der Waals surface area contributed by atoms with Gasteiger partial charge in [0.2, 0.25) is 17.7 Å². The fourth-order valence-corrected chi connectivity index (χ4v) is 3.66. The number of carboxylic acid groups (broad SMARTS) is 1. The number of aromatic nitrogens is 1. The predicted octanol–water partition coefficient (Wildman–Crippen LogP) is -0.0844. The van der Waals surface area contributed by atoms with Crippen LogP contribution in [0.1, 0.15) is 17.5 Å². The van der Waals surface area contributed by atoms with E-state index < -0.39 is 48.2 Å². The summed E-state index contributed by atoms with van der Waals surface area (Å²) in [5, 5.41) is 24.5. The molecule has 3 aromatic rings. The zero-order valence-electron chi connectivity index (χ0n) is 18.7. The third-order valence-electron chi connectivity index (χ3n) is 5.48. The summed E-state index contributed by atoms with van der Waals surface area (Å²) in [6.07, 6.45) is 1.28. The molecule has 0 aliphatic carbocycles. The van der Waals surface area contributed by atoms with Crippen molar-refractivity contribution in [1.82, 2.24) is 15.6 Å². The van der Waals surface area contributed by atoms with Gasteiger partial charge in [-0.05, 0) is 35.7 Å². The minimum Gasteiger partial charge on any atom is -0.508 e. The highest BCUT2D eigenvalue weighted by atomic mass is 16.4. The zero-order chi connectivity index (χ0) is 25.5. The number of aliphatic carboxylic acids is 1. The van der Waals surface area contributed by atoms with Crippen molar-refractivity contribution < 1.29 is 29.4 Å². The molecule has 0 fully saturated rings. The third kappa shape index (κ3) is 6.81. The molecule has 3 amide bonds. The van der Waals surface area contributed by atoms with Gasteiger partial charge in [-0.3, -0.25) is 14.4 Å². The number of hydrogen-bond donors (Lipinski definition) is 7. The van der Waals surface area contributed by atoms with E-state index in [0.29, 0.717) is 5.56 Å². The largest absolute Gasteiger partial charge is 0.508 e. The van der Waals surface area contributed by atoms with Crippen LogP contribution in [0.25, 0.3) is 10.9 Å². The number of nitrogens with one attached hydrogen (secondary N) is 3. The molecular formula is C24H27N5O6. The Morgan fingerprint density at radius 2 is 1.57 bits per heavy atom. The second kappa shape index (κ2) is 11.2. The number of hydrogen-bond acceptors (Lipinski definition) is 6. The van der Waals surface area contributed by atoms with Crippen molar-refractivity contribution in [1.29, 1.82) is 0 Å². The molecule has 1 heterocycles. The SMILES string of the molecule is NC(=O)CC(NC(=O)C(Cc1c[nH]c2ccccc12)NC(=O)C(N)Cc1ccc(O)cc1)C(=O)O. The second-order valence-electron chi connectivity index (χ2n) is 8.17. The van der Waals surface area contributed by atoms with Gasteiger partial charge in [-0.2, -0.15) is 0 Å². The average Bonchev–Trinajstić information content (AvgIpc) is 3.22. The van der Waals surface area contributed by atoms with E-state index in [1.807, 2.05) is 24.3 Å². The summed E-state index contributed by atoms with van der Waals surface area (Å²) in [5.74, 6) is -3.68. The van der Waals surface area contributed by atoms with Gasteiger partial charge >= 0.3 is 5.97 Å². The topological polar surface area (TPSA) is 201 Å². The van der Waals surface area contributed by atoms with E-state index in [9.17, 15) is 29.4 Å². The summed E-state index contributed by atoms with van der Waals surface area (Å²) in [6, 6.07) is 9.83. The predicted molar refractivity (Wildman–Crippen MR) is 127 cm³/mol. The van der Waals surface area contributed by atoms with Crippen molar-refractivity contribution in [3.05, 3.63) is 65.9 Å². The Labute approximate surface area is 200 Å². The summed E-state index contributed by atoms with van der Waals surface area (Å²) in [4.78, 5) is 51.7. The van der Waals surface area contributed by atoms with Crippen LogP contribution in [-0.2, 0) is 32.0 Å². The molecule has 3 atom stereocenters. The molecule has 1 aromatic heterocycles. The number of para-hydroxylation sites is 1. The van der Waals surface area contributed by atoms with Gasteiger partial charge in [0.25, 0.3) is 0 Å². The van der Waals surface area contributed by atoms with Crippen molar-refractivity contribution >= 4 is 34.6 Å². The van der Waals surface area contributed by atoms with Crippen LogP contribution in [0.5, 0.6) is 5.75 Å². The van der Waals surface area contributed by atoms with E-state index in [2.05, 4.69) is 15.6 Å². The van der Waals surface area contributed by atoms with Crippen LogP contribution < -0.4 is 22.1 Å². The average molecular weight is 482 g/mol. The molecule has 0 saturated heterocycles. The maximum Gasteiger partial charge on any atom is 0.326 e. The lowest BCUT2D eigenvalue weighted by Gasteiger charge is -2.22. The van der Waals surface area contributed by atoms with Gasteiger partial charge < -0.3 is 37.3 Å². The number of amides is 3. The summed E-state index contributed by atoms with van der Waals surface area (Å²) in [7, 11) is 0. The number of benzene rings is 2. The number of carboxylic acids is 1. The first-order valence-corrected chi connectivity index (χ1v) is 10.8. The van der Waals surface area contributed by atoms with E-state index in [-0.39, 0.29) is 18.6 Å². The van der Waals surface area contributed by atoms with Gasteiger partial charge in [-0.15, -0.1) is 0 Å². The standard InChI is InChI=1S/C24H27N5O6/c25-17(9-13-5-7-15(30)8-6-13)22(32)28-19(23(33)29-20(24(34)35)11-21(26)31)10-14-12-27-18-4-2-1-3-16(14)18/h1-8,12,17,19-20,27,30H,9-11,25H2,(H2,26,31)(H,28,32)(H,29,33)(H,34,35). The molecule has 11 nitrogen and oxygen atoms in total. The van der Waals surface area contributed by atoms with Crippen molar-refractivity contribution in [3.63, 3.8) is 0 Å². The van der Waals surface area contributed by atoms with Crippen LogP contribution in [0, 0.1) is 0 Å². The lowest BCUT2D eigenvalue weighted by molar-refractivity contribution is -0.143. The highest BCUT2D eigenvalue weighted by molar-refractivity contribution is 5.94. The molecule has 3 unspecified atom stereocenters. The highest BCUT2D eigenvalue weighted by Gasteiger charge is 2.29. The summed E-state index contributed by atoms with van der Waals surface area (Å²) >= 11 is 0. The van der Waals surface area contributed by atoms with Crippen molar-refractivity contribution in [2.45, 2.75) is 37.4 Å². The molecule has 9 N–H and O–H groups in total. The molecule has 0 radical (unpaired) electrons. The number of rotatable bonds is 11. The van der Waals surface area contributed by atoms with Gasteiger partial charge in [0.15, 0.2) is 0 Å². The number of carbonyl (C=O) groups excluding carboxylic acids is 3. The van der Waals surface area contributed by atoms with Crippen molar-refractivity contribution in [3.8, 4) is 5.75 Å². The number of aromatic hydroxyl groups is 1. The van der Waals surface area contributed by atoms with Crippen LogP contribution in [0.15, 0.2) is 54.7 Å². The molecule has 2 aromatic carbocycles. The van der Waals surface area contributed by atoms with Gasteiger partial charge in [0.05, 0.1) is 12.5 Å². The number of phenolic OH excluding ortho intramolecular Hbond substituents is 1. The number of aromatic amines is 1. The number of phenols is 1. The van der Waals surface area contributed by atoms with Gasteiger partial charge in [-0.25, -0.2) is 4.79 Å². The fourth-order valence-electron chi connectivity index (χ4n) is 3.66. The maximum absolute atomic E-state index is 13.0. The van der Waals surface area contributed by atoms with Crippen LogP contribution in [0.4, 0.5) is 0 Å². The lowest BCUT2D eigenvalue weighted by Crippen LogP contribution is -2.56. The summed E-state index contributed by atoms with van der Waals surface area (Å²) in [5.41, 5.74) is 13.4.